The van der Waals surface area contributed by atoms with Crippen LogP contribution < -0.4 is 10.7 Å². The number of rotatable bonds is 3. The van der Waals surface area contributed by atoms with Gasteiger partial charge in [-0.1, -0.05) is 34.1 Å². The maximum absolute atomic E-state index is 12.8. The van der Waals surface area contributed by atoms with Crippen molar-refractivity contribution in [1.29, 1.82) is 0 Å². The zero-order valence-corrected chi connectivity index (χ0v) is 14.1. The number of hydrogen-bond donors (Lipinski definition) is 2. The van der Waals surface area contributed by atoms with E-state index in [1.54, 1.807) is 24.3 Å². The molecule has 0 fully saturated rings. The molecule has 0 radical (unpaired) electrons. The summed E-state index contributed by atoms with van der Waals surface area (Å²) in [7, 11) is 0. The number of hydrogen-bond acceptors (Lipinski definition) is 3. The molecular formula is C16H11BrF3N3O2. The fourth-order valence-corrected chi connectivity index (χ4v) is 2.06. The van der Waals surface area contributed by atoms with E-state index in [-0.39, 0.29) is 5.56 Å². The quantitative estimate of drug-likeness (QED) is 0.458. The molecule has 9 heteroatoms. The van der Waals surface area contributed by atoms with E-state index in [1.165, 1.54) is 18.2 Å². The highest BCUT2D eigenvalue weighted by Crippen LogP contribution is 2.31. The van der Waals surface area contributed by atoms with Crippen LogP contribution >= 0.6 is 15.9 Å². The Morgan fingerprint density at radius 3 is 2.28 bits per heavy atom. The van der Waals surface area contributed by atoms with Gasteiger partial charge in [0.25, 0.3) is 0 Å². The summed E-state index contributed by atoms with van der Waals surface area (Å²) < 4.78 is 39.2. The number of carbonyl (C=O) groups is 2. The van der Waals surface area contributed by atoms with E-state index in [0.717, 1.165) is 16.8 Å². The number of amides is 2. The fraction of sp³-hybridized carbons (Fsp3) is 0.0625. The molecule has 2 rings (SSSR count). The van der Waals surface area contributed by atoms with E-state index in [0.29, 0.717) is 5.69 Å². The van der Waals surface area contributed by atoms with Gasteiger partial charge in [0.2, 0.25) is 0 Å². The highest BCUT2D eigenvalue weighted by atomic mass is 79.9. The Labute approximate surface area is 149 Å². The summed E-state index contributed by atoms with van der Waals surface area (Å²) in [5.41, 5.74) is 1.14. The molecule has 0 saturated carbocycles. The molecule has 0 aliphatic heterocycles. The minimum absolute atomic E-state index is 0.233. The summed E-state index contributed by atoms with van der Waals surface area (Å²) in [5.74, 6) is -2.10. The molecule has 0 heterocycles. The van der Waals surface area contributed by atoms with Crippen LogP contribution in [0.25, 0.3) is 0 Å². The van der Waals surface area contributed by atoms with E-state index < -0.39 is 23.6 Å². The number of nitrogens with one attached hydrogen (secondary N) is 2. The third-order valence-corrected chi connectivity index (χ3v) is 3.47. The first-order chi connectivity index (χ1) is 11.8. The Hall–Kier alpha value is -2.68. The predicted molar refractivity (Wildman–Crippen MR) is 90.0 cm³/mol. The lowest BCUT2D eigenvalue weighted by Gasteiger charge is -2.09. The van der Waals surface area contributed by atoms with Crippen molar-refractivity contribution in [3.8, 4) is 0 Å². The minimum atomic E-state index is -4.55. The van der Waals surface area contributed by atoms with Crippen LogP contribution in [0, 0.1) is 0 Å². The highest BCUT2D eigenvalue weighted by Gasteiger charge is 2.32. The molecule has 2 aromatic carbocycles. The maximum Gasteiger partial charge on any atom is 0.417 e. The molecule has 5 nitrogen and oxygen atoms in total. The van der Waals surface area contributed by atoms with Gasteiger partial charge in [0.05, 0.1) is 11.8 Å². The Balaban J connectivity index is 1.99. The molecule has 130 valence electrons. The van der Waals surface area contributed by atoms with Gasteiger partial charge in [0, 0.05) is 15.7 Å². The van der Waals surface area contributed by atoms with Crippen molar-refractivity contribution < 1.29 is 22.8 Å². The Kier molecular flexibility index (Phi) is 5.92. The van der Waals surface area contributed by atoms with Gasteiger partial charge in [0.1, 0.15) is 0 Å². The average Bonchev–Trinajstić information content (AvgIpc) is 2.56. The van der Waals surface area contributed by atoms with Crippen LogP contribution in [0.5, 0.6) is 0 Å². The van der Waals surface area contributed by atoms with Gasteiger partial charge in [-0.05, 0) is 30.3 Å². The van der Waals surface area contributed by atoms with Crippen molar-refractivity contribution in [3.05, 3.63) is 64.1 Å². The third-order valence-electron chi connectivity index (χ3n) is 2.94. The van der Waals surface area contributed by atoms with Crippen LogP contribution in [-0.4, -0.2) is 18.0 Å². The minimum Gasteiger partial charge on any atom is -0.318 e. The fourth-order valence-electron chi connectivity index (χ4n) is 1.80. The lowest BCUT2D eigenvalue weighted by Crippen LogP contribution is -2.32. The van der Waals surface area contributed by atoms with Crippen molar-refractivity contribution in [3.63, 3.8) is 0 Å². The second-order valence-corrected chi connectivity index (χ2v) is 5.66. The zero-order chi connectivity index (χ0) is 18.4. The van der Waals surface area contributed by atoms with E-state index in [9.17, 15) is 22.8 Å². The predicted octanol–water partition coefficient (Wildman–Crippen LogP) is 3.56. The summed E-state index contributed by atoms with van der Waals surface area (Å²) in [6.07, 6.45) is -3.72. The number of hydrazone groups is 1. The first-order valence-electron chi connectivity index (χ1n) is 6.83. The molecule has 0 bridgehead atoms. The molecule has 25 heavy (non-hydrogen) atoms. The highest BCUT2D eigenvalue weighted by molar-refractivity contribution is 9.10. The van der Waals surface area contributed by atoms with Crippen LogP contribution in [0.15, 0.2) is 58.1 Å². The smallest absolute Gasteiger partial charge is 0.318 e. The number of nitrogens with zero attached hydrogens (tertiary/aromatic N) is 1. The second-order valence-electron chi connectivity index (χ2n) is 4.75. The van der Waals surface area contributed by atoms with E-state index >= 15 is 0 Å². The van der Waals surface area contributed by atoms with Crippen LogP contribution in [0.2, 0.25) is 0 Å². The molecule has 0 aromatic heterocycles. The standard InChI is InChI=1S/C16H11BrF3N3O2/c17-11-5-7-12(8-6-11)22-14(24)15(25)23-21-9-10-3-1-2-4-13(10)16(18,19)20/h1-9H,(H,22,24)(H,23,25). The number of anilines is 1. The largest absolute Gasteiger partial charge is 0.417 e. The molecule has 2 N–H and O–H groups in total. The number of benzene rings is 2. The van der Waals surface area contributed by atoms with Crippen LogP contribution in [-0.2, 0) is 15.8 Å². The summed E-state index contributed by atoms with van der Waals surface area (Å²) in [4.78, 5) is 23.3. The molecule has 0 atom stereocenters. The van der Waals surface area contributed by atoms with Crippen LogP contribution in [0.4, 0.5) is 18.9 Å². The Morgan fingerprint density at radius 2 is 1.64 bits per heavy atom. The average molecular weight is 414 g/mol. The summed E-state index contributed by atoms with van der Waals surface area (Å²) >= 11 is 3.23. The van der Waals surface area contributed by atoms with Crippen molar-refractivity contribution >= 4 is 39.6 Å². The summed E-state index contributed by atoms with van der Waals surface area (Å²) in [6.45, 7) is 0. The molecule has 2 aromatic rings. The molecule has 0 unspecified atom stereocenters. The van der Waals surface area contributed by atoms with E-state index in [1.807, 2.05) is 5.43 Å². The first kappa shape index (κ1) is 18.7. The molecule has 0 aliphatic carbocycles. The number of alkyl halides is 3. The van der Waals surface area contributed by atoms with E-state index in [4.69, 9.17) is 0 Å². The van der Waals surface area contributed by atoms with Crippen LogP contribution in [0.1, 0.15) is 11.1 Å². The lowest BCUT2D eigenvalue weighted by molar-refractivity contribution is -0.137. The summed E-state index contributed by atoms with van der Waals surface area (Å²) in [5, 5.41) is 5.73. The van der Waals surface area contributed by atoms with Gasteiger partial charge >= 0.3 is 18.0 Å². The zero-order valence-electron chi connectivity index (χ0n) is 12.5. The second kappa shape index (κ2) is 7.93. The number of carbonyl (C=O) groups excluding carboxylic acids is 2. The monoisotopic (exact) mass is 413 g/mol. The molecule has 2 amide bonds. The lowest BCUT2D eigenvalue weighted by atomic mass is 10.1. The van der Waals surface area contributed by atoms with E-state index in [2.05, 4.69) is 26.3 Å². The maximum atomic E-state index is 12.8. The van der Waals surface area contributed by atoms with Gasteiger partial charge in [-0.25, -0.2) is 5.43 Å². The topological polar surface area (TPSA) is 70.6 Å². The third kappa shape index (κ3) is 5.42. The Morgan fingerprint density at radius 1 is 1.00 bits per heavy atom. The van der Waals surface area contributed by atoms with Crippen molar-refractivity contribution in [1.82, 2.24) is 5.43 Å². The summed E-state index contributed by atoms with van der Waals surface area (Å²) in [6, 6.07) is 11.2. The van der Waals surface area contributed by atoms with Gasteiger partial charge in [0.15, 0.2) is 0 Å². The van der Waals surface area contributed by atoms with Gasteiger partial charge in [-0.3, -0.25) is 9.59 Å². The SMILES string of the molecule is O=C(NN=Cc1ccccc1C(F)(F)F)C(=O)Nc1ccc(Br)cc1. The first-order valence-corrected chi connectivity index (χ1v) is 7.63. The van der Waals surface area contributed by atoms with Gasteiger partial charge < -0.3 is 5.32 Å². The normalized spacial score (nSPS) is 11.4. The van der Waals surface area contributed by atoms with Gasteiger partial charge in [-0.15, -0.1) is 0 Å². The molecule has 0 aliphatic rings. The van der Waals surface area contributed by atoms with Gasteiger partial charge in [-0.2, -0.15) is 18.3 Å². The molecular weight excluding hydrogens is 403 g/mol. The van der Waals surface area contributed by atoms with Crippen molar-refractivity contribution in [2.75, 3.05) is 5.32 Å². The Bertz CT molecular complexity index is 805. The van der Waals surface area contributed by atoms with Crippen molar-refractivity contribution in [2.45, 2.75) is 6.18 Å². The molecule has 0 saturated heterocycles. The molecule has 0 spiro atoms. The van der Waals surface area contributed by atoms with Crippen molar-refractivity contribution in [2.24, 2.45) is 5.10 Å². The van der Waals surface area contributed by atoms with Crippen LogP contribution in [0.3, 0.4) is 0 Å². The number of halogens is 4.